The maximum atomic E-state index is 13.2. The highest BCUT2D eigenvalue weighted by molar-refractivity contribution is 7.89. The Morgan fingerprint density at radius 2 is 1.78 bits per heavy atom. The number of carbonyl (C=O) groups excluding carboxylic acids is 1. The molecule has 0 N–H and O–H groups in total. The zero-order valence-electron chi connectivity index (χ0n) is 17.9. The number of sulfonamides is 1. The molecule has 0 radical (unpaired) electrons. The molecule has 2 aromatic carbocycles. The summed E-state index contributed by atoms with van der Waals surface area (Å²) in [6.07, 6.45) is 0.514. The first-order valence-corrected chi connectivity index (χ1v) is 12.7. The minimum absolute atomic E-state index is 0.0521. The van der Waals surface area contributed by atoms with Crippen LogP contribution in [0.3, 0.4) is 0 Å². The molecule has 0 aliphatic carbocycles. The third-order valence-corrected chi connectivity index (χ3v) is 8.32. The van der Waals surface area contributed by atoms with Crippen LogP contribution in [0.2, 0.25) is 0 Å². The van der Waals surface area contributed by atoms with Gasteiger partial charge >= 0.3 is 0 Å². The van der Waals surface area contributed by atoms with Gasteiger partial charge in [0.25, 0.3) is 5.91 Å². The predicted molar refractivity (Wildman–Crippen MR) is 123 cm³/mol. The molecule has 1 aromatic heterocycles. The number of nitrogens with zero attached hydrogens (tertiary/aromatic N) is 3. The molecule has 9 heteroatoms. The Morgan fingerprint density at radius 1 is 1.03 bits per heavy atom. The van der Waals surface area contributed by atoms with E-state index < -0.39 is 15.8 Å². The Kier molecular flexibility index (Phi) is 6.41. The van der Waals surface area contributed by atoms with E-state index in [9.17, 15) is 17.6 Å². The fraction of sp³-hybridized carbons (Fsp3) is 0.304. The molecule has 0 bridgehead atoms. The van der Waals surface area contributed by atoms with Crippen molar-refractivity contribution in [2.45, 2.75) is 25.2 Å². The normalized spacial score (nSPS) is 15.5. The number of hydrogen-bond donors (Lipinski definition) is 0. The number of amides is 1. The van der Waals surface area contributed by atoms with Gasteiger partial charge in [0, 0.05) is 37.1 Å². The molecule has 32 heavy (non-hydrogen) atoms. The van der Waals surface area contributed by atoms with Crippen LogP contribution in [0.15, 0.2) is 52.7 Å². The van der Waals surface area contributed by atoms with Crippen LogP contribution < -0.4 is 0 Å². The number of aromatic nitrogens is 1. The highest BCUT2D eigenvalue weighted by Gasteiger charge is 2.29. The van der Waals surface area contributed by atoms with Crippen molar-refractivity contribution in [3.63, 3.8) is 0 Å². The van der Waals surface area contributed by atoms with Gasteiger partial charge in [0.2, 0.25) is 10.0 Å². The van der Waals surface area contributed by atoms with Crippen LogP contribution in [-0.4, -0.2) is 54.7 Å². The molecule has 0 unspecified atom stereocenters. The molecule has 0 saturated carbocycles. The van der Waals surface area contributed by atoms with Crippen molar-refractivity contribution in [1.29, 1.82) is 0 Å². The Bertz CT molecular complexity index is 1240. The van der Waals surface area contributed by atoms with Crippen LogP contribution in [0, 0.1) is 19.7 Å². The highest BCUT2D eigenvalue weighted by atomic mass is 32.2. The number of aryl methyl sites for hydroxylation is 2. The molecule has 0 spiro atoms. The fourth-order valence-corrected chi connectivity index (χ4v) is 6.16. The van der Waals surface area contributed by atoms with Crippen molar-refractivity contribution >= 4 is 27.3 Å². The first-order valence-electron chi connectivity index (χ1n) is 10.3. The molecule has 1 fully saturated rings. The smallest absolute Gasteiger partial charge is 0.273 e. The molecule has 0 atom stereocenters. The van der Waals surface area contributed by atoms with Gasteiger partial charge in [-0.05, 0) is 50.1 Å². The SMILES string of the molecule is Cc1ccc(-c2nc(C(=O)N3CCCN(S(=O)(=O)c4ccc(F)cc4)CC3)cs2)c(C)c1. The topological polar surface area (TPSA) is 70.6 Å². The van der Waals surface area contributed by atoms with Crippen molar-refractivity contribution in [3.8, 4) is 10.6 Å². The number of benzene rings is 2. The standard InChI is InChI=1S/C23H24FN3O3S2/c1-16-4-9-20(17(2)14-16)22-25-21(15-31-22)23(28)26-10-3-11-27(13-12-26)32(29,30)19-7-5-18(24)6-8-19/h4-9,14-15H,3,10-13H2,1-2H3. The molecular formula is C23H24FN3O3S2. The van der Waals surface area contributed by atoms with Crippen LogP contribution >= 0.6 is 11.3 Å². The molecule has 3 aromatic rings. The zero-order chi connectivity index (χ0) is 22.9. The van der Waals surface area contributed by atoms with Gasteiger partial charge in [-0.25, -0.2) is 17.8 Å². The van der Waals surface area contributed by atoms with E-state index in [4.69, 9.17) is 0 Å². The average Bonchev–Trinajstić information content (AvgIpc) is 3.10. The van der Waals surface area contributed by atoms with Gasteiger partial charge in [-0.1, -0.05) is 23.8 Å². The summed E-state index contributed by atoms with van der Waals surface area (Å²) in [5.41, 5.74) is 3.66. The molecule has 1 saturated heterocycles. The fourth-order valence-electron chi connectivity index (χ4n) is 3.80. The van der Waals surface area contributed by atoms with Gasteiger partial charge in [-0.3, -0.25) is 4.79 Å². The van der Waals surface area contributed by atoms with Gasteiger partial charge in [0.05, 0.1) is 4.90 Å². The van der Waals surface area contributed by atoms with Crippen LogP contribution in [0.4, 0.5) is 4.39 Å². The number of rotatable bonds is 4. The maximum absolute atomic E-state index is 13.2. The Balaban J connectivity index is 1.47. The predicted octanol–water partition coefficient (Wildman–Crippen LogP) is 4.10. The van der Waals surface area contributed by atoms with Crippen molar-refractivity contribution in [2.75, 3.05) is 26.2 Å². The minimum Gasteiger partial charge on any atom is -0.336 e. The maximum Gasteiger partial charge on any atom is 0.273 e. The van der Waals surface area contributed by atoms with Crippen LogP contribution in [0.5, 0.6) is 0 Å². The van der Waals surface area contributed by atoms with E-state index >= 15 is 0 Å². The van der Waals surface area contributed by atoms with E-state index in [1.54, 1.807) is 10.3 Å². The van der Waals surface area contributed by atoms with Crippen molar-refractivity contribution in [1.82, 2.24) is 14.2 Å². The second-order valence-electron chi connectivity index (χ2n) is 7.86. The molecule has 1 aliphatic heterocycles. The van der Waals surface area contributed by atoms with E-state index in [1.165, 1.54) is 33.3 Å². The first kappa shape index (κ1) is 22.6. The summed E-state index contributed by atoms with van der Waals surface area (Å²) in [5.74, 6) is -0.682. The van der Waals surface area contributed by atoms with E-state index in [1.807, 2.05) is 26.0 Å². The lowest BCUT2D eigenvalue weighted by Gasteiger charge is -2.21. The zero-order valence-corrected chi connectivity index (χ0v) is 19.5. The van der Waals surface area contributed by atoms with Gasteiger partial charge in [0.1, 0.15) is 16.5 Å². The Labute approximate surface area is 191 Å². The summed E-state index contributed by atoms with van der Waals surface area (Å²) >= 11 is 1.43. The molecule has 2 heterocycles. The highest BCUT2D eigenvalue weighted by Crippen LogP contribution is 2.28. The van der Waals surface area contributed by atoms with E-state index in [2.05, 4.69) is 11.1 Å². The summed E-state index contributed by atoms with van der Waals surface area (Å²) in [7, 11) is -3.74. The van der Waals surface area contributed by atoms with Gasteiger partial charge < -0.3 is 4.90 Å². The van der Waals surface area contributed by atoms with Gasteiger partial charge in [-0.2, -0.15) is 4.31 Å². The molecule has 4 rings (SSSR count). The lowest BCUT2D eigenvalue weighted by atomic mass is 10.1. The lowest BCUT2D eigenvalue weighted by molar-refractivity contribution is 0.0759. The van der Waals surface area contributed by atoms with Crippen LogP contribution in [0.25, 0.3) is 10.6 Å². The number of hydrogen-bond acceptors (Lipinski definition) is 5. The van der Waals surface area contributed by atoms with E-state index in [0.29, 0.717) is 25.2 Å². The van der Waals surface area contributed by atoms with Gasteiger partial charge in [0.15, 0.2) is 0 Å². The van der Waals surface area contributed by atoms with E-state index in [-0.39, 0.29) is 23.9 Å². The van der Waals surface area contributed by atoms with Gasteiger partial charge in [-0.15, -0.1) is 11.3 Å². The summed E-state index contributed by atoms with van der Waals surface area (Å²) in [6.45, 7) is 5.26. The second-order valence-corrected chi connectivity index (χ2v) is 10.7. The molecule has 168 valence electrons. The first-order chi connectivity index (χ1) is 15.3. The second kappa shape index (κ2) is 9.09. The number of thiazole rings is 1. The number of carbonyl (C=O) groups is 1. The quantitative estimate of drug-likeness (QED) is 0.572. The Morgan fingerprint density at radius 3 is 2.50 bits per heavy atom. The third-order valence-electron chi connectivity index (χ3n) is 5.53. The summed E-state index contributed by atoms with van der Waals surface area (Å²) in [5, 5.41) is 2.55. The van der Waals surface area contributed by atoms with Crippen LogP contribution in [0.1, 0.15) is 28.0 Å². The van der Waals surface area contributed by atoms with Crippen LogP contribution in [-0.2, 0) is 10.0 Å². The van der Waals surface area contributed by atoms with Crippen molar-refractivity contribution < 1.29 is 17.6 Å². The molecule has 1 amide bonds. The molecule has 6 nitrogen and oxygen atoms in total. The Hall–Kier alpha value is -2.62. The van der Waals surface area contributed by atoms with Crippen molar-refractivity contribution in [3.05, 3.63) is 70.5 Å². The summed E-state index contributed by atoms with van der Waals surface area (Å²) in [6, 6.07) is 10.9. The summed E-state index contributed by atoms with van der Waals surface area (Å²) in [4.78, 5) is 19.3. The largest absolute Gasteiger partial charge is 0.336 e. The lowest BCUT2D eigenvalue weighted by Crippen LogP contribution is -2.37. The minimum atomic E-state index is -3.74. The monoisotopic (exact) mass is 473 g/mol. The molecule has 1 aliphatic rings. The molecular weight excluding hydrogens is 449 g/mol. The summed E-state index contributed by atoms with van der Waals surface area (Å²) < 4.78 is 40.3. The average molecular weight is 474 g/mol. The number of halogens is 1. The van der Waals surface area contributed by atoms with Crippen molar-refractivity contribution in [2.24, 2.45) is 0 Å². The third kappa shape index (κ3) is 4.60. The van der Waals surface area contributed by atoms with E-state index in [0.717, 1.165) is 28.3 Å².